The summed E-state index contributed by atoms with van der Waals surface area (Å²) in [7, 11) is 0. The minimum absolute atomic E-state index is 0.147. The zero-order valence-corrected chi connectivity index (χ0v) is 14.0. The van der Waals surface area contributed by atoms with Crippen LogP contribution in [0.1, 0.15) is 43.0 Å². The molecule has 1 aliphatic heterocycles. The Balaban J connectivity index is 2.12. The van der Waals surface area contributed by atoms with Gasteiger partial charge in [-0.25, -0.2) is 4.39 Å². The molecule has 21 heavy (non-hydrogen) atoms. The van der Waals surface area contributed by atoms with Crippen molar-refractivity contribution in [1.29, 1.82) is 0 Å². The molecule has 1 saturated heterocycles. The lowest BCUT2D eigenvalue weighted by Crippen LogP contribution is -2.46. The Morgan fingerprint density at radius 2 is 2.29 bits per heavy atom. The highest BCUT2D eigenvalue weighted by molar-refractivity contribution is 9.10. The second-order valence-corrected chi connectivity index (χ2v) is 6.44. The molecule has 1 aliphatic rings. The molecule has 1 aromatic rings. The van der Waals surface area contributed by atoms with E-state index in [1.165, 1.54) is 18.9 Å². The minimum Gasteiger partial charge on any atom is -0.337 e. The van der Waals surface area contributed by atoms with Crippen LogP contribution in [0.2, 0.25) is 0 Å². The van der Waals surface area contributed by atoms with Crippen LogP contribution in [0.25, 0.3) is 0 Å². The van der Waals surface area contributed by atoms with Crippen LogP contribution in [-0.2, 0) is 0 Å². The number of nitrogens with one attached hydrogen (secondary N) is 1. The van der Waals surface area contributed by atoms with Gasteiger partial charge in [0, 0.05) is 23.6 Å². The fourth-order valence-electron chi connectivity index (χ4n) is 2.72. The lowest BCUT2D eigenvalue weighted by Gasteiger charge is -2.30. The smallest absolute Gasteiger partial charge is 0.256 e. The van der Waals surface area contributed by atoms with E-state index < -0.39 is 5.82 Å². The second-order valence-electron chi connectivity index (χ2n) is 5.52. The quantitative estimate of drug-likeness (QED) is 0.874. The average Bonchev–Trinajstić information content (AvgIpc) is 2.49. The first-order valence-electron chi connectivity index (χ1n) is 7.59. The molecule has 1 fully saturated rings. The molecule has 3 nitrogen and oxygen atoms in total. The molecule has 0 aliphatic carbocycles. The highest BCUT2D eigenvalue weighted by Crippen LogP contribution is 2.18. The van der Waals surface area contributed by atoms with Gasteiger partial charge in [-0.05, 0) is 44.0 Å². The van der Waals surface area contributed by atoms with Gasteiger partial charge in [0.2, 0.25) is 0 Å². The lowest BCUT2D eigenvalue weighted by molar-refractivity contribution is 0.0727. The highest BCUT2D eigenvalue weighted by atomic mass is 79.9. The van der Waals surface area contributed by atoms with Crippen LogP contribution in [0.15, 0.2) is 22.7 Å². The molecule has 1 atom stereocenters. The Bertz CT molecular complexity index is 489. The maximum Gasteiger partial charge on any atom is 0.256 e. The first-order valence-corrected chi connectivity index (χ1v) is 8.39. The maximum absolute atomic E-state index is 13.9. The van der Waals surface area contributed by atoms with Gasteiger partial charge in [-0.15, -0.1) is 0 Å². The Kier molecular flexibility index (Phi) is 6.18. The molecule has 1 unspecified atom stereocenters. The predicted molar refractivity (Wildman–Crippen MR) is 85.9 cm³/mol. The van der Waals surface area contributed by atoms with E-state index in [2.05, 4.69) is 21.2 Å². The van der Waals surface area contributed by atoms with E-state index in [1.54, 1.807) is 17.0 Å². The predicted octanol–water partition coefficient (Wildman–Crippen LogP) is 3.58. The summed E-state index contributed by atoms with van der Waals surface area (Å²) in [5, 5.41) is 3.44. The van der Waals surface area contributed by atoms with Crippen molar-refractivity contribution in [3.8, 4) is 0 Å². The van der Waals surface area contributed by atoms with Crippen molar-refractivity contribution in [2.45, 2.75) is 38.6 Å². The van der Waals surface area contributed by atoms with E-state index in [0.717, 1.165) is 23.9 Å². The second kappa shape index (κ2) is 7.90. The van der Waals surface area contributed by atoms with Gasteiger partial charge in [-0.1, -0.05) is 29.3 Å². The van der Waals surface area contributed by atoms with Gasteiger partial charge < -0.3 is 10.2 Å². The number of rotatable bonds is 5. The van der Waals surface area contributed by atoms with Crippen LogP contribution in [0.4, 0.5) is 4.39 Å². The number of benzene rings is 1. The van der Waals surface area contributed by atoms with Crippen LogP contribution in [0.3, 0.4) is 0 Å². The summed E-state index contributed by atoms with van der Waals surface area (Å²) in [4.78, 5) is 14.4. The van der Waals surface area contributed by atoms with Crippen molar-refractivity contribution in [1.82, 2.24) is 10.2 Å². The van der Waals surface area contributed by atoms with E-state index in [1.807, 2.05) is 6.92 Å². The third kappa shape index (κ3) is 4.51. The summed E-state index contributed by atoms with van der Waals surface area (Å²) in [6.45, 7) is 4.34. The van der Waals surface area contributed by atoms with Crippen LogP contribution in [0.5, 0.6) is 0 Å². The van der Waals surface area contributed by atoms with Crippen molar-refractivity contribution < 1.29 is 9.18 Å². The van der Waals surface area contributed by atoms with Crippen molar-refractivity contribution >= 4 is 21.8 Å². The molecule has 1 aromatic carbocycles. The van der Waals surface area contributed by atoms with E-state index in [9.17, 15) is 9.18 Å². The van der Waals surface area contributed by atoms with E-state index in [-0.39, 0.29) is 11.5 Å². The van der Waals surface area contributed by atoms with Gasteiger partial charge in [0.25, 0.3) is 5.91 Å². The zero-order chi connectivity index (χ0) is 15.2. The molecular formula is C16H22BrFN2O. The molecule has 1 N–H and O–H groups in total. The van der Waals surface area contributed by atoms with Crippen LogP contribution in [0, 0.1) is 5.82 Å². The average molecular weight is 357 g/mol. The normalized spacial score (nSPS) is 18.5. The number of halogens is 2. The highest BCUT2D eigenvalue weighted by Gasteiger charge is 2.23. The number of hydrogen-bond acceptors (Lipinski definition) is 2. The van der Waals surface area contributed by atoms with Gasteiger partial charge in [-0.3, -0.25) is 4.79 Å². The fraction of sp³-hybridized carbons (Fsp3) is 0.562. The molecule has 5 heteroatoms. The first-order chi connectivity index (χ1) is 10.1. The Labute approximate surface area is 134 Å². The van der Waals surface area contributed by atoms with Gasteiger partial charge in [0.05, 0.1) is 5.56 Å². The van der Waals surface area contributed by atoms with E-state index in [4.69, 9.17) is 0 Å². The molecule has 116 valence electrons. The lowest BCUT2D eigenvalue weighted by atomic mass is 10.0. The molecule has 1 amide bonds. The van der Waals surface area contributed by atoms with Crippen LogP contribution >= 0.6 is 15.9 Å². The van der Waals surface area contributed by atoms with Crippen molar-refractivity contribution in [3.05, 3.63) is 34.1 Å². The van der Waals surface area contributed by atoms with Crippen LogP contribution < -0.4 is 5.32 Å². The Hall–Kier alpha value is -0.940. The largest absolute Gasteiger partial charge is 0.337 e. The van der Waals surface area contributed by atoms with Gasteiger partial charge >= 0.3 is 0 Å². The number of amides is 1. The number of carbonyl (C=O) groups excluding carboxylic acids is 1. The number of hydrogen-bond donors (Lipinski definition) is 1. The third-order valence-electron chi connectivity index (χ3n) is 3.79. The van der Waals surface area contributed by atoms with Crippen molar-refractivity contribution in [3.63, 3.8) is 0 Å². The topological polar surface area (TPSA) is 32.3 Å². The summed E-state index contributed by atoms with van der Waals surface area (Å²) >= 11 is 3.30. The van der Waals surface area contributed by atoms with E-state index in [0.29, 0.717) is 19.1 Å². The summed E-state index contributed by atoms with van der Waals surface area (Å²) in [6.07, 6.45) is 4.33. The molecule has 2 rings (SSSR count). The summed E-state index contributed by atoms with van der Waals surface area (Å²) in [6, 6.07) is 4.83. The molecule has 0 aromatic heterocycles. The van der Waals surface area contributed by atoms with Crippen LogP contribution in [-0.4, -0.2) is 36.5 Å². The molecule has 0 radical (unpaired) electrons. The summed E-state index contributed by atoms with van der Waals surface area (Å²) in [5.41, 5.74) is 0.147. The molecule has 0 saturated carbocycles. The Morgan fingerprint density at radius 3 is 2.95 bits per heavy atom. The minimum atomic E-state index is -0.457. The molecular weight excluding hydrogens is 335 g/mol. The number of nitrogens with zero attached hydrogens (tertiary/aromatic N) is 1. The molecule has 0 bridgehead atoms. The SMILES string of the molecule is CCCN(CC1CCCCN1)C(=O)c1cc(Br)ccc1F. The fourth-order valence-corrected chi connectivity index (χ4v) is 3.08. The van der Waals surface area contributed by atoms with Crippen molar-refractivity contribution in [2.24, 2.45) is 0 Å². The number of carbonyl (C=O) groups is 1. The first kappa shape index (κ1) is 16.4. The maximum atomic E-state index is 13.9. The van der Waals surface area contributed by atoms with Gasteiger partial charge in [0.1, 0.15) is 5.82 Å². The molecule has 0 spiro atoms. The monoisotopic (exact) mass is 356 g/mol. The number of piperidine rings is 1. The van der Waals surface area contributed by atoms with E-state index >= 15 is 0 Å². The van der Waals surface area contributed by atoms with Gasteiger partial charge in [0.15, 0.2) is 0 Å². The van der Waals surface area contributed by atoms with Gasteiger partial charge in [-0.2, -0.15) is 0 Å². The summed E-state index contributed by atoms with van der Waals surface area (Å²) < 4.78 is 14.6. The third-order valence-corrected chi connectivity index (χ3v) is 4.29. The zero-order valence-electron chi connectivity index (χ0n) is 12.4. The Morgan fingerprint density at radius 1 is 1.48 bits per heavy atom. The summed E-state index contributed by atoms with van der Waals surface area (Å²) in [5.74, 6) is -0.677. The van der Waals surface area contributed by atoms with Crippen molar-refractivity contribution in [2.75, 3.05) is 19.6 Å². The standard InChI is InChI=1S/C16H22BrFN2O/c1-2-9-20(11-13-5-3-4-8-19-13)16(21)14-10-12(17)6-7-15(14)18/h6-7,10,13,19H,2-5,8-9,11H2,1H3. The molecule has 1 heterocycles.